The molecule has 264 valence electrons. The summed E-state index contributed by atoms with van der Waals surface area (Å²) in [6.45, 7) is 0. The van der Waals surface area contributed by atoms with Crippen LogP contribution in [0.15, 0.2) is 142 Å². The van der Waals surface area contributed by atoms with Crippen LogP contribution < -0.4 is 0 Å². The molecule has 0 radical (unpaired) electrons. The van der Waals surface area contributed by atoms with Crippen molar-refractivity contribution in [2.24, 2.45) is 5.41 Å². The number of nitrogens with one attached hydrogen (secondary N) is 4. The summed E-state index contributed by atoms with van der Waals surface area (Å²) in [6, 6.07) is 41.5. The lowest BCUT2D eigenvalue weighted by Gasteiger charge is -2.54. The maximum Gasteiger partial charge on any atom is 0.231 e. The normalized spacial score (nSPS) is 14.9. The van der Waals surface area contributed by atoms with Crippen LogP contribution in [0, 0.1) is 5.41 Å². The fourth-order valence-electron chi connectivity index (χ4n) is 6.40. The van der Waals surface area contributed by atoms with Crippen LogP contribution in [0.25, 0.3) is 0 Å². The lowest BCUT2D eigenvalue weighted by molar-refractivity contribution is 0.248. The van der Waals surface area contributed by atoms with Crippen molar-refractivity contribution < 1.29 is 0 Å². The molecule has 0 saturated heterocycles. The third kappa shape index (κ3) is 7.56. The average molecular weight is 777 g/mol. The number of aromatic nitrogens is 16. The highest BCUT2D eigenvalue weighted by Crippen LogP contribution is 2.74. The molecule has 8 rings (SSSR count). The van der Waals surface area contributed by atoms with Crippen LogP contribution in [0.4, 0.5) is 0 Å². The van der Waals surface area contributed by atoms with Gasteiger partial charge in [-0.25, -0.2) is 0 Å². The van der Waals surface area contributed by atoms with Gasteiger partial charge in [0.1, 0.15) is 0 Å². The van der Waals surface area contributed by atoms with E-state index >= 15 is 0 Å². The van der Waals surface area contributed by atoms with Gasteiger partial charge in [0.2, 0.25) is 20.6 Å². The van der Waals surface area contributed by atoms with Crippen LogP contribution in [-0.2, 0) is 0 Å². The van der Waals surface area contributed by atoms with E-state index in [2.05, 4.69) is 131 Å². The third-order valence-corrected chi connectivity index (χ3v) is 13.6. The first-order chi connectivity index (χ1) is 26.3. The molecule has 4 heterocycles. The number of benzene rings is 4. The summed E-state index contributed by atoms with van der Waals surface area (Å²) >= 11 is 6.05. The number of thioether (sulfide) groups is 4. The van der Waals surface area contributed by atoms with Gasteiger partial charge in [0, 0.05) is 26.4 Å². The molecular weight excluding hydrogens is 749 g/mol. The standard InChI is InChI=1S/C33H28N16S4/c1-5-13-21(14-6-1)25(50-29-34-42-43-35-29)33(26(22-15-7-2-8-16-22)51-30-36-44-45-37-30,27(23-17-9-3-10-18-23)52-31-38-46-47-39-31)28(24-19-11-4-12-20-24)53-32-40-48-49-41-32/h1-20,25-28H,(H,34,35,42,43)(H,36,37,44,45)(H,38,39,46,47)(H,40,41,48,49). The van der Waals surface area contributed by atoms with Crippen molar-refractivity contribution in [2.45, 2.75) is 41.6 Å². The van der Waals surface area contributed by atoms with Crippen LogP contribution in [0.3, 0.4) is 0 Å². The highest BCUT2D eigenvalue weighted by Gasteiger charge is 2.60. The van der Waals surface area contributed by atoms with Crippen molar-refractivity contribution >= 4 is 47.0 Å². The van der Waals surface area contributed by atoms with E-state index in [-0.39, 0.29) is 0 Å². The van der Waals surface area contributed by atoms with E-state index in [0.717, 1.165) is 22.3 Å². The molecule has 16 nitrogen and oxygen atoms in total. The van der Waals surface area contributed by atoms with E-state index in [1.54, 1.807) is 0 Å². The van der Waals surface area contributed by atoms with E-state index in [0.29, 0.717) is 20.6 Å². The van der Waals surface area contributed by atoms with Gasteiger partial charge in [-0.3, -0.25) is 0 Å². The molecule has 0 fully saturated rings. The molecular formula is C33H28N16S4. The van der Waals surface area contributed by atoms with Crippen LogP contribution in [0.1, 0.15) is 43.3 Å². The number of hydrogen-bond donors (Lipinski definition) is 4. The van der Waals surface area contributed by atoms with Crippen molar-refractivity contribution in [1.82, 2.24) is 82.5 Å². The molecule has 20 heteroatoms. The fourth-order valence-corrected chi connectivity index (χ4v) is 12.1. The second-order valence-electron chi connectivity index (χ2n) is 11.4. The maximum absolute atomic E-state index is 4.49. The lowest BCUT2D eigenvalue weighted by Crippen LogP contribution is -2.43. The Kier molecular flexibility index (Phi) is 10.8. The maximum atomic E-state index is 4.49. The summed E-state index contributed by atoms with van der Waals surface area (Å²) in [4.78, 5) is 0. The summed E-state index contributed by atoms with van der Waals surface area (Å²) in [7, 11) is 0. The zero-order chi connectivity index (χ0) is 35.7. The predicted molar refractivity (Wildman–Crippen MR) is 199 cm³/mol. The summed E-state index contributed by atoms with van der Waals surface area (Å²) in [5.74, 6) is 0. The molecule has 0 aliphatic heterocycles. The first-order valence-electron chi connectivity index (χ1n) is 16.1. The van der Waals surface area contributed by atoms with E-state index in [4.69, 9.17) is 0 Å². The van der Waals surface area contributed by atoms with Crippen molar-refractivity contribution in [3.63, 3.8) is 0 Å². The summed E-state index contributed by atoms with van der Waals surface area (Å²) in [6.07, 6.45) is 0. The fraction of sp³-hybridized carbons (Fsp3) is 0.152. The van der Waals surface area contributed by atoms with Crippen molar-refractivity contribution in [1.29, 1.82) is 0 Å². The van der Waals surface area contributed by atoms with E-state index in [1.165, 1.54) is 47.0 Å². The van der Waals surface area contributed by atoms with E-state index in [9.17, 15) is 0 Å². The lowest BCUT2D eigenvalue weighted by atomic mass is 9.66. The van der Waals surface area contributed by atoms with Gasteiger partial charge in [-0.15, -0.1) is 40.8 Å². The summed E-state index contributed by atoms with van der Waals surface area (Å²) in [5, 5.41) is 62.6. The molecule has 0 aliphatic rings. The predicted octanol–water partition coefficient (Wildman–Crippen LogP) is 6.16. The van der Waals surface area contributed by atoms with Gasteiger partial charge in [-0.05, 0) is 43.1 Å². The molecule has 4 N–H and O–H groups in total. The quantitative estimate of drug-likeness (QED) is 0.0808. The van der Waals surface area contributed by atoms with Gasteiger partial charge in [0.25, 0.3) is 0 Å². The molecule has 8 aromatic rings. The molecule has 0 spiro atoms. The Hall–Kier alpha value is -5.44. The third-order valence-electron chi connectivity index (χ3n) is 8.42. The second-order valence-corrected chi connectivity index (χ2v) is 15.7. The highest BCUT2D eigenvalue weighted by molar-refractivity contribution is 8.02. The minimum absolute atomic E-state index is 0.430. The van der Waals surface area contributed by atoms with Crippen molar-refractivity contribution in [2.75, 3.05) is 0 Å². The molecule has 0 bridgehead atoms. The SMILES string of the molecule is c1ccc(C(Sc2nn[nH]n2)C(C(Sc2nn[nH]n2)c2ccccc2)(C(Sc2nn[nH]n2)c2ccccc2)C(Sc2nn[nH]n2)c2ccccc2)cc1. The number of hydrogen-bond acceptors (Lipinski definition) is 16. The molecule has 0 amide bonds. The number of tetrazole rings is 4. The Bertz CT molecular complexity index is 1890. The number of aromatic amines is 4. The van der Waals surface area contributed by atoms with Gasteiger partial charge < -0.3 is 0 Å². The number of nitrogens with zero attached hydrogens (tertiary/aromatic N) is 12. The first kappa shape index (κ1) is 34.6. The molecule has 53 heavy (non-hydrogen) atoms. The number of H-pyrrole nitrogens is 4. The first-order valence-corrected chi connectivity index (χ1v) is 19.6. The Morgan fingerprint density at radius 2 is 0.566 bits per heavy atom. The van der Waals surface area contributed by atoms with Gasteiger partial charge >= 0.3 is 0 Å². The zero-order valence-corrected chi connectivity index (χ0v) is 30.6. The van der Waals surface area contributed by atoms with Gasteiger partial charge in [0.15, 0.2) is 0 Å². The average Bonchev–Trinajstić information content (AvgIpc) is 4.08. The molecule has 4 aromatic carbocycles. The summed E-state index contributed by atoms with van der Waals surface area (Å²) in [5.41, 5.74) is 3.09. The molecule has 0 saturated carbocycles. The zero-order valence-electron chi connectivity index (χ0n) is 27.4. The van der Waals surface area contributed by atoms with Gasteiger partial charge in [0.05, 0.1) is 0 Å². The smallest absolute Gasteiger partial charge is 0.176 e. The Labute approximate surface area is 318 Å². The highest BCUT2D eigenvalue weighted by atomic mass is 32.2. The molecule has 4 aromatic heterocycles. The Morgan fingerprint density at radius 3 is 0.755 bits per heavy atom. The minimum Gasteiger partial charge on any atom is -0.176 e. The van der Waals surface area contributed by atoms with Crippen LogP contribution >= 0.6 is 47.0 Å². The topological polar surface area (TPSA) is 218 Å². The van der Waals surface area contributed by atoms with Gasteiger partial charge in [-0.2, -0.15) is 20.9 Å². The van der Waals surface area contributed by atoms with Crippen molar-refractivity contribution in [3.05, 3.63) is 144 Å². The van der Waals surface area contributed by atoms with Gasteiger partial charge in [-0.1, -0.05) is 168 Å². The van der Waals surface area contributed by atoms with Crippen LogP contribution in [0.2, 0.25) is 0 Å². The Morgan fingerprint density at radius 1 is 0.340 bits per heavy atom. The summed E-state index contributed by atoms with van der Waals surface area (Å²) < 4.78 is 0. The number of rotatable bonds is 16. The Balaban J connectivity index is 1.54. The van der Waals surface area contributed by atoms with Crippen LogP contribution in [-0.4, -0.2) is 82.5 Å². The molecule has 4 atom stereocenters. The van der Waals surface area contributed by atoms with Crippen molar-refractivity contribution in [3.8, 4) is 0 Å². The second kappa shape index (κ2) is 16.5. The minimum atomic E-state index is -0.974. The van der Waals surface area contributed by atoms with Crippen LogP contribution in [0.5, 0.6) is 0 Å². The molecule has 4 unspecified atom stereocenters. The van der Waals surface area contributed by atoms with E-state index < -0.39 is 26.4 Å². The monoisotopic (exact) mass is 776 g/mol. The van der Waals surface area contributed by atoms with E-state index in [1.807, 2.05) is 72.8 Å². The molecule has 0 aliphatic carbocycles. The largest absolute Gasteiger partial charge is 0.231 e.